The third-order valence-corrected chi connectivity index (χ3v) is 8.21. The number of nitrogens with two attached hydrogens (primary N) is 1. The van der Waals surface area contributed by atoms with Gasteiger partial charge in [0.2, 0.25) is 0 Å². The fourth-order valence-electron chi connectivity index (χ4n) is 0.235. The molecule has 0 rings (SSSR count). The van der Waals surface area contributed by atoms with Crippen molar-refractivity contribution < 1.29 is 5.09 Å². The lowest BCUT2D eigenvalue weighted by Gasteiger charge is -2.05. The predicted molar refractivity (Wildman–Crippen MR) is 55.9 cm³/mol. The van der Waals surface area contributed by atoms with Crippen LogP contribution in [0.2, 0.25) is 0 Å². The molecule has 0 saturated carbocycles. The Hall–Kier alpha value is 1.58. The first kappa shape index (κ1) is 12.6. The maximum Gasteiger partial charge on any atom is 0.321 e. The molecule has 0 aliphatic rings. The molecule has 0 aromatic heterocycles. The van der Waals surface area contributed by atoms with Gasteiger partial charge in [-0.1, -0.05) is 0 Å². The van der Waals surface area contributed by atoms with Crippen LogP contribution in [0.3, 0.4) is 0 Å². The largest absolute Gasteiger partial charge is 0.321 e. The van der Waals surface area contributed by atoms with Crippen LogP contribution in [0.5, 0.6) is 0 Å². The van der Waals surface area contributed by atoms with E-state index in [0.29, 0.717) is 0 Å². The maximum absolute atomic E-state index is 5.74. The van der Waals surface area contributed by atoms with Crippen LogP contribution in [0.1, 0.15) is 0 Å². The molecule has 0 heterocycles. The number of rotatable bonds is 2. The van der Waals surface area contributed by atoms with E-state index in [1.165, 1.54) is 7.05 Å². The Morgan fingerprint density at radius 3 is 1.91 bits per heavy atom. The van der Waals surface area contributed by atoms with E-state index in [4.69, 9.17) is 45.0 Å². The minimum Gasteiger partial charge on any atom is -0.300 e. The maximum atomic E-state index is 5.74. The highest BCUT2D eigenvalue weighted by Crippen LogP contribution is 2.70. The molecule has 0 atom stereocenters. The Morgan fingerprint density at radius 1 is 1.18 bits per heavy atom. The van der Waals surface area contributed by atoms with Crippen LogP contribution in [0.4, 0.5) is 0 Å². The van der Waals surface area contributed by atoms with Crippen molar-refractivity contribution in [2.75, 3.05) is 14.1 Å². The zero-order valence-electron chi connectivity index (χ0n) is 5.88. The Labute approximate surface area is 85.1 Å². The number of halogens is 4. The summed E-state index contributed by atoms with van der Waals surface area (Å²) in [4.78, 5) is 0. The highest BCUT2D eigenvalue weighted by molar-refractivity contribution is 8.16. The van der Waals surface area contributed by atoms with Crippen LogP contribution in [0.25, 0.3) is 0 Å². The van der Waals surface area contributed by atoms with E-state index in [0.717, 1.165) is 0 Å². The average Bonchev–Trinajstić information content (AvgIpc) is 1.86. The molecule has 0 amide bonds. The van der Waals surface area contributed by atoms with E-state index < -0.39 is 11.8 Å². The van der Waals surface area contributed by atoms with Gasteiger partial charge in [-0.25, -0.2) is 0 Å². The van der Waals surface area contributed by atoms with Crippen LogP contribution >= 0.6 is 56.8 Å². The Morgan fingerprint density at radius 2 is 1.64 bits per heavy atom. The van der Waals surface area contributed by atoms with E-state index in [-0.39, 0.29) is 0 Å². The van der Waals surface area contributed by atoms with Gasteiger partial charge in [0.1, 0.15) is 0 Å². The van der Waals surface area contributed by atoms with Gasteiger partial charge in [0, 0.05) is 29.5 Å². The lowest BCUT2D eigenvalue weighted by atomic mass is 11.6. The molecule has 0 spiro atoms. The Bertz CT molecular complexity index is 225. The smallest absolute Gasteiger partial charge is 0.300 e. The van der Waals surface area contributed by atoms with Crippen LogP contribution in [-0.2, 0) is 0 Å². The van der Waals surface area contributed by atoms with Crippen LogP contribution in [0.15, 0.2) is 9.26 Å². The molecule has 2 N–H and O–H groups in total. The predicted octanol–water partition coefficient (Wildman–Crippen LogP) is 3.66. The third-order valence-electron chi connectivity index (χ3n) is 0.778. The summed E-state index contributed by atoms with van der Waals surface area (Å²) in [6.45, 7) is 0. The zero-order valence-corrected chi connectivity index (χ0v) is 10.7. The van der Waals surface area contributed by atoms with E-state index >= 15 is 0 Å². The summed E-state index contributed by atoms with van der Waals surface area (Å²) in [6.07, 6.45) is 0. The van der Waals surface area contributed by atoms with Gasteiger partial charge < -0.3 is 0 Å². The number of nitrogens with zero attached hydrogens (tertiary/aromatic N) is 2. The summed E-state index contributed by atoms with van der Waals surface area (Å²) >= 11 is 22.8. The van der Waals surface area contributed by atoms with Crippen molar-refractivity contribution in [2.24, 2.45) is 9.26 Å². The molecule has 11 heavy (non-hydrogen) atoms. The molecular formula is C2H8Cl4N3P2+. The first-order valence-electron chi connectivity index (χ1n) is 2.56. The minimum atomic E-state index is -2.61. The molecule has 3 nitrogen and oxygen atoms in total. The Balaban J connectivity index is 4.84. The van der Waals surface area contributed by atoms with Gasteiger partial charge in [-0.15, -0.1) is 0 Å². The standard InChI is InChI=1S/C2H7Cl4N3P2/c1-7-10(3,4)9-11(5,6)8-2/h7H,1-2H3/p+1. The lowest BCUT2D eigenvalue weighted by Crippen LogP contribution is -2.71. The van der Waals surface area contributed by atoms with E-state index in [1.807, 2.05) is 0 Å². The number of quaternary nitrogens is 1. The quantitative estimate of drug-likeness (QED) is 0.749. The second-order valence-corrected chi connectivity index (χ2v) is 12.1. The molecular weight excluding hydrogens is 270 g/mol. The molecule has 0 aromatic carbocycles. The summed E-state index contributed by atoms with van der Waals surface area (Å²) < 4.78 is 7.51. The molecule has 0 fully saturated rings. The second kappa shape index (κ2) is 4.72. The van der Waals surface area contributed by atoms with E-state index in [9.17, 15) is 0 Å². The molecule has 0 bridgehead atoms. The second-order valence-electron chi connectivity index (χ2n) is 1.53. The van der Waals surface area contributed by atoms with Gasteiger partial charge in [0.15, 0.2) is 0 Å². The fourth-order valence-corrected chi connectivity index (χ4v) is 7.04. The zero-order chi connectivity index (χ0) is 9.12. The third kappa shape index (κ3) is 5.76. The molecule has 0 aliphatic carbocycles. The van der Waals surface area contributed by atoms with Gasteiger partial charge in [-0.3, -0.25) is 9.83 Å². The normalized spacial score (nSPS) is 12.9. The monoisotopic (exact) mass is 276 g/mol. The van der Waals surface area contributed by atoms with Gasteiger partial charge >= 0.3 is 5.91 Å². The molecule has 0 saturated heterocycles. The van der Waals surface area contributed by atoms with Crippen molar-refractivity contribution in [1.82, 2.24) is 0 Å². The molecule has 0 aliphatic heterocycles. The number of hydrogen-bond donors (Lipinski definition) is 1. The summed E-state index contributed by atoms with van der Waals surface area (Å²) in [7, 11) is 3.20. The molecule has 9 heteroatoms. The van der Waals surface area contributed by atoms with Crippen LogP contribution < -0.4 is 5.09 Å². The van der Waals surface area contributed by atoms with Gasteiger partial charge in [-0.05, 0) is 22.5 Å². The topological polar surface area (TPSA) is 41.3 Å². The summed E-state index contributed by atoms with van der Waals surface area (Å²) in [6, 6.07) is 0. The molecule has 0 radical (unpaired) electrons. The van der Waals surface area contributed by atoms with Crippen molar-refractivity contribution in [2.45, 2.75) is 0 Å². The minimum absolute atomic E-state index is 1.49. The highest BCUT2D eigenvalue weighted by Gasteiger charge is 2.20. The van der Waals surface area contributed by atoms with Gasteiger partial charge in [0.05, 0.1) is 7.05 Å². The van der Waals surface area contributed by atoms with Crippen molar-refractivity contribution >= 4 is 56.8 Å². The van der Waals surface area contributed by atoms with Gasteiger partial charge in [-0.2, -0.15) is 4.52 Å². The summed E-state index contributed by atoms with van der Waals surface area (Å²) in [5.74, 6) is -5.04. The first-order valence-corrected chi connectivity index (χ1v) is 9.68. The first-order chi connectivity index (χ1) is 4.83. The fraction of sp³-hybridized carbons (Fsp3) is 1.00. The SMILES string of the molecule is CN=P(Cl)(Cl)N=P(Cl)(Cl)[NH2+]C. The van der Waals surface area contributed by atoms with Crippen molar-refractivity contribution in [3.8, 4) is 0 Å². The Kier molecular flexibility index (Phi) is 5.39. The van der Waals surface area contributed by atoms with Gasteiger partial charge in [0.25, 0.3) is 5.91 Å². The van der Waals surface area contributed by atoms with Crippen LogP contribution in [-0.4, -0.2) is 14.1 Å². The van der Waals surface area contributed by atoms with Crippen molar-refractivity contribution in [1.29, 1.82) is 0 Å². The highest BCUT2D eigenvalue weighted by atomic mass is 35.9. The molecule has 0 aromatic rings. The van der Waals surface area contributed by atoms with Crippen LogP contribution in [0, 0.1) is 0 Å². The summed E-state index contributed by atoms with van der Waals surface area (Å²) in [5.41, 5.74) is 0. The van der Waals surface area contributed by atoms with E-state index in [2.05, 4.69) is 9.26 Å². The average molecular weight is 278 g/mol. The lowest BCUT2D eigenvalue weighted by molar-refractivity contribution is -0.457. The number of hydrogen-bond acceptors (Lipinski definition) is 1. The molecule has 68 valence electrons. The molecule has 0 unspecified atom stereocenters. The van der Waals surface area contributed by atoms with Crippen molar-refractivity contribution in [3.63, 3.8) is 0 Å². The van der Waals surface area contributed by atoms with Crippen molar-refractivity contribution in [3.05, 3.63) is 0 Å². The summed E-state index contributed by atoms with van der Waals surface area (Å²) in [5, 5.41) is 1.58. The van der Waals surface area contributed by atoms with E-state index in [1.54, 1.807) is 12.1 Å².